The smallest absolute Gasteiger partial charge is 0.328 e. The highest BCUT2D eigenvalue weighted by molar-refractivity contribution is 6.01. The Labute approximate surface area is 131 Å². The van der Waals surface area contributed by atoms with Crippen molar-refractivity contribution in [2.24, 2.45) is 4.99 Å². The molecule has 1 aliphatic carbocycles. The Morgan fingerprint density at radius 1 is 1.35 bits per heavy atom. The summed E-state index contributed by atoms with van der Waals surface area (Å²) in [5, 5.41) is 49.0. The summed E-state index contributed by atoms with van der Waals surface area (Å²) in [7, 11) is 1.28. The van der Waals surface area contributed by atoms with Gasteiger partial charge in [-0.1, -0.05) is 0 Å². The molecule has 1 unspecified atom stereocenters. The van der Waals surface area contributed by atoms with Crippen LogP contribution in [0.1, 0.15) is 12.8 Å². The molecular weight excluding hydrogens is 312 g/mol. The second-order valence-corrected chi connectivity index (χ2v) is 5.12. The lowest BCUT2D eigenvalue weighted by atomic mass is 9.85. The van der Waals surface area contributed by atoms with Gasteiger partial charge in [-0.05, 0) is 0 Å². The zero-order chi connectivity index (χ0) is 17.6. The SMILES string of the molecule is COC1=C(NC(CO)C(=O)O)C[C@](O)(CO)CC1=NCC(=O)O. The van der Waals surface area contributed by atoms with E-state index in [-0.39, 0.29) is 30.0 Å². The van der Waals surface area contributed by atoms with Gasteiger partial charge >= 0.3 is 11.9 Å². The number of aliphatic carboxylic acids is 2. The normalized spacial score (nSPS) is 24.4. The van der Waals surface area contributed by atoms with Crippen LogP contribution in [-0.4, -0.2) is 81.7 Å². The van der Waals surface area contributed by atoms with E-state index in [1.54, 1.807) is 0 Å². The van der Waals surface area contributed by atoms with Crippen molar-refractivity contribution < 1.29 is 39.9 Å². The number of aliphatic hydroxyl groups excluding tert-OH is 2. The zero-order valence-corrected chi connectivity index (χ0v) is 12.5. The first-order valence-electron chi connectivity index (χ1n) is 6.72. The molecule has 130 valence electrons. The zero-order valence-electron chi connectivity index (χ0n) is 12.5. The number of allylic oxidation sites excluding steroid dienone is 1. The van der Waals surface area contributed by atoms with E-state index in [1.165, 1.54) is 7.11 Å². The van der Waals surface area contributed by atoms with Gasteiger partial charge in [-0.2, -0.15) is 0 Å². The van der Waals surface area contributed by atoms with E-state index in [4.69, 9.17) is 20.1 Å². The molecule has 1 aliphatic rings. The van der Waals surface area contributed by atoms with Crippen LogP contribution >= 0.6 is 0 Å². The van der Waals surface area contributed by atoms with Crippen LogP contribution in [0.2, 0.25) is 0 Å². The summed E-state index contributed by atoms with van der Waals surface area (Å²) in [5.41, 5.74) is -1.44. The minimum Gasteiger partial charge on any atom is -0.493 e. The van der Waals surface area contributed by atoms with Gasteiger partial charge in [-0.25, -0.2) is 4.79 Å². The molecular formula is C13H20N2O8. The molecule has 0 amide bonds. The molecule has 23 heavy (non-hydrogen) atoms. The number of nitrogens with one attached hydrogen (secondary N) is 1. The molecule has 0 aromatic carbocycles. The van der Waals surface area contributed by atoms with Gasteiger partial charge in [-0.15, -0.1) is 0 Å². The lowest BCUT2D eigenvalue weighted by molar-refractivity contribution is -0.140. The Kier molecular flexibility index (Phi) is 6.49. The molecule has 0 aromatic heterocycles. The van der Waals surface area contributed by atoms with Crippen LogP contribution in [0, 0.1) is 0 Å². The first-order valence-corrected chi connectivity index (χ1v) is 6.72. The van der Waals surface area contributed by atoms with E-state index in [2.05, 4.69) is 10.3 Å². The molecule has 0 aromatic rings. The van der Waals surface area contributed by atoms with Crippen molar-refractivity contribution in [2.75, 3.05) is 26.9 Å². The van der Waals surface area contributed by atoms with Crippen LogP contribution in [0.4, 0.5) is 0 Å². The van der Waals surface area contributed by atoms with Crippen molar-refractivity contribution >= 4 is 17.7 Å². The fourth-order valence-corrected chi connectivity index (χ4v) is 2.19. The summed E-state index contributed by atoms with van der Waals surface area (Å²) in [6.07, 6.45) is -0.315. The predicted molar refractivity (Wildman–Crippen MR) is 76.9 cm³/mol. The van der Waals surface area contributed by atoms with E-state index in [0.29, 0.717) is 0 Å². The Bertz CT molecular complexity index is 530. The summed E-state index contributed by atoms with van der Waals surface area (Å²) >= 11 is 0. The number of ether oxygens (including phenoxy) is 1. The number of hydrogen-bond acceptors (Lipinski definition) is 8. The lowest BCUT2D eigenvalue weighted by Crippen LogP contribution is -2.47. The van der Waals surface area contributed by atoms with E-state index in [0.717, 1.165) is 0 Å². The molecule has 6 N–H and O–H groups in total. The molecule has 0 aliphatic heterocycles. The number of aliphatic imine (C=N–C) groups is 1. The number of carboxylic acid groups (broad SMARTS) is 2. The van der Waals surface area contributed by atoms with Crippen LogP contribution in [0.3, 0.4) is 0 Å². The Morgan fingerprint density at radius 2 is 2.00 bits per heavy atom. The van der Waals surface area contributed by atoms with E-state index in [9.17, 15) is 19.8 Å². The summed E-state index contributed by atoms with van der Waals surface area (Å²) in [6, 6.07) is -1.35. The van der Waals surface area contributed by atoms with Crippen molar-refractivity contribution in [3.8, 4) is 0 Å². The Morgan fingerprint density at radius 3 is 2.43 bits per heavy atom. The first-order chi connectivity index (χ1) is 10.8. The van der Waals surface area contributed by atoms with Crippen LogP contribution in [0.25, 0.3) is 0 Å². The van der Waals surface area contributed by atoms with Crippen LogP contribution in [0.15, 0.2) is 16.4 Å². The molecule has 0 heterocycles. The van der Waals surface area contributed by atoms with Crippen molar-refractivity contribution in [1.82, 2.24) is 5.32 Å². The van der Waals surface area contributed by atoms with Gasteiger partial charge in [0, 0.05) is 12.8 Å². The fourth-order valence-electron chi connectivity index (χ4n) is 2.19. The number of nitrogens with zero attached hydrogens (tertiary/aromatic N) is 1. The molecule has 0 saturated heterocycles. The van der Waals surface area contributed by atoms with Gasteiger partial charge < -0.3 is 35.6 Å². The van der Waals surface area contributed by atoms with Crippen molar-refractivity contribution in [1.29, 1.82) is 0 Å². The largest absolute Gasteiger partial charge is 0.493 e. The first kappa shape index (κ1) is 18.9. The topological polar surface area (TPSA) is 169 Å². The average molecular weight is 332 g/mol. The second-order valence-electron chi connectivity index (χ2n) is 5.12. The number of methoxy groups -OCH3 is 1. The number of carboxylic acids is 2. The van der Waals surface area contributed by atoms with E-state index >= 15 is 0 Å². The number of hydrogen-bond donors (Lipinski definition) is 6. The molecule has 0 fully saturated rings. The monoisotopic (exact) mass is 332 g/mol. The number of rotatable bonds is 8. The number of aliphatic hydroxyl groups is 3. The number of carbonyl (C=O) groups is 2. The summed E-state index contributed by atoms with van der Waals surface area (Å²) < 4.78 is 5.14. The van der Waals surface area contributed by atoms with Gasteiger partial charge in [0.2, 0.25) is 0 Å². The second kappa shape index (κ2) is 7.90. The average Bonchev–Trinajstić information content (AvgIpc) is 2.49. The molecule has 0 radical (unpaired) electrons. The predicted octanol–water partition coefficient (Wildman–Crippen LogP) is -2.08. The van der Waals surface area contributed by atoms with Gasteiger partial charge in [0.05, 0.1) is 37.3 Å². The molecule has 0 spiro atoms. The van der Waals surface area contributed by atoms with Crippen LogP contribution < -0.4 is 5.32 Å². The van der Waals surface area contributed by atoms with Crippen LogP contribution in [0.5, 0.6) is 0 Å². The molecule has 10 heteroatoms. The van der Waals surface area contributed by atoms with Crippen molar-refractivity contribution in [2.45, 2.75) is 24.5 Å². The van der Waals surface area contributed by atoms with E-state index < -0.39 is 43.3 Å². The lowest BCUT2D eigenvalue weighted by Gasteiger charge is -2.34. The van der Waals surface area contributed by atoms with Crippen LogP contribution in [-0.2, 0) is 14.3 Å². The molecule has 10 nitrogen and oxygen atoms in total. The van der Waals surface area contributed by atoms with E-state index in [1.807, 2.05) is 0 Å². The third-order valence-corrected chi connectivity index (χ3v) is 3.27. The van der Waals surface area contributed by atoms with Gasteiger partial charge in [-0.3, -0.25) is 9.79 Å². The van der Waals surface area contributed by atoms with Gasteiger partial charge in [0.15, 0.2) is 5.76 Å². The fraction of sp³-hybridized carbons (Fsp3) is 0.615. The van der Waals surface area contributed by atoms with Gasteiger partial charge in [0.25, 0.3) is 0 Å². The quantitative estimate of drug-likeness (QED) is 0.292. The highest BCUT2D eigenvalue weighted by atomic mass is 16.5. The third-order valence-electron chi connectivity index (χ3n) is 3.27. The minimum absolute atomic E-state index is 0.0854. The highest BCUT2D eigenvalue weighted by Gasteiger charge is 2.38. The standard InChI is InChI=1S/C13H20N2O8/c1-23-11-7(14-4-10(18)19)2-13(22,6-17)3-8(11)15-9(5-16)12(20)21/h9,15-17,22H,2-6H2,1H3,(H,18,19)(H,20,21)/t9?,13-/m0/s1. The summed E-state index contributed by atoms with van der Waals surface area (Å²) in [4.78, 5) is 25.5. The van der Waals surface area contributed by atoms with Gasteiger partial charge in [0.1, 0.15) is 12.6 Å². The maximum Gasteiger partial charge on any atom is 0.328 e. The summed E-state index contributed by atoms with van der Waals surface area (Å²) in [5.74, 6) is -2.43. The van der Waals surface area contributed by atoms with Crippen molar-refractivity contribution in [3.63, 3.8) is 0 Å². The van der Waals surface area contributed by atoms with Crippen molar-refractivity contribution in [3.05, 3.63) is 11.5 Å². The summed E-state index contributed by atoms with van der Waals surface area (Å²) in [6.45, 7) is -1.92. The third kappa shape index (κ3) is 4.91. The highest BCUT2D eigenvalue weighted by Crippen LogP contribution is 2.30. The molecule has 2 atom stereocenters. The maximum atomic E-state index is 11.0. The Balaban J connectivity index is 3.24. The molecule has 1 rings (SSSR count). The minimum atomic E-state index is -1.64. The molecule has 0 saturated carbocycles. The molecule has 0 bridgehead atoms. The maximum absolute atomic E-state index is 11.0. The Hall–Kier alpha value is -2.17.